The molecule has 4 fully saturated rings. The van der Waals surface area contributed by atoms with Gasteiger partial charge in [0.15, 0.2) is 0 Å². The molecule has 5 rings (SSSR count). The number of nitrogens with one attached hydrogen (secondary N) is 1. The molecule has 0 radical (unpaired) electrons. The summed E-state index contributed by atoms with van der Waals surface area (Å²) in [7, 11) is 0. The first-order chi connectivity index (χ1) is 11.9. The molecule has 1 heterocycles. The van der Waals surface area contributed by atoms with Crippen LogP contribution in [0.4, 0.5) is 0 Å². The van der Waals surface area contributed by atoms with Crippen LogP contribution in [0.1, 0.15) is 42.6 Å². The van der Waals surface area contributed by atoms with Gasteiger partial charge in [0.2, 0.25) is 0 Å². The number of hydrogen-bond acceptors (Lipinski definition) is 3. The fourth-order valence-electron chi connectivity index (χ4n) is 5.69. The van der Waals surface area contributed by atoms with Crippen LogP contribution in [0.5, 0.6) is 0 Å². The summed E-state index contributed by atoms with van der Waals surface area (Å²) in [6.45, 7) is 0. The molecule has 0 spiro atoms. The third-order valence-corrected chi connectivity index (χ3v) is 11.0. The predicted octanol–water partition coefficient (Wildman–Crippen LogP) is 1.19. The molecular weight excluding hydrogens is 421 g/mol. The van der Waals surface area contributed by atoms with Gasteiger partial charge in [-0.2, -0.15) is 0 Å². The topological polar surface area (TPSA) is 85.1 Å². The molecule has 4 aliphatic rings. The second-order valence-corrected chi connectivity index (χ2v) is 17.0. The van der Waals surface area contributed by atoms with Crippen molar-refractivity contribution < 1.29 is 9.59 Å². The van der Waals surface area contributed by atoms with Gasteiger partial charge < -0.3 is 0 Å². The average Bonchev–Trinajstić information content (AvgIpc) is 2.57. The Morgan fingerprint density at radius 1 is 1.20 bits per heavy atom. The van der Waals surface area contributed by atoms with Gasteiger partial charge in [-0.05, 0) is 0 Å². The van der Waals surface area contributed by atoms with E-state index >= 15 is 0 Å². The van der Waals surface area contributed by atoms with E-state index in [9.17, 15) is 9.59 Å². The van der Waals surface area contributed by atoms with Crippen LogP contribution in [0, 0.1) is 23.2 Å². The molecular formula is C19H27N3O2Sn. The molecule has 6 heteroatoms. The molecule has 3 N–H and O–H groups in total. The van der Waals surface area contributed by atoms with Crippen LogP contribution in [-0.2, 0) is 4.79 Å². The predicted molar refractivity (Wildman–Crippen MR) is 99.2 cm³/mol. The Morgan fingerprint density at radius 2 is 1.88 bits per heavy atom. The molecule has 5 nitrogen and oxygen atoms in total. The number of nitrogens with zero attached hydrogens (tertiary/aromatic N) is 1. The van der Waals surface area contributed by atoms with Gasteiger partial charge in [-0.1, -0.05) is 0 Å². The van der Waals surface area contributed by atoms with Crippen molar-refractivity contribution in [2.24, 2.45) is 28.9 Å². The fraction of sp³-hybridized carbons (Fsp3) is 0.632. The first-order valence-corrected chi connectivity index (χ1v) is 17.7. The van der Waals surface area contributed by atoms with Gasteiger partial charge in [-0.25, -0.2) is 0 Å². The summed E-state index contributed by atoms with van der Waals surface area (Å²) in [5, 5.41) is 3.27. The Hall–Kier alpha value is -1.11. The monoisotopic (exact) mass is 449 g/mol. The Balaban J connectivity index is 1.52. The van der Waals surface area contributed by atoms with Crippen LogP contribution in [0.3, 0.4) is 0 Å². The third-order valence-electron chi connectivity index (χ3n) is 6.69. The van der Waals surface area contributed by atoms with E-state index in [1.165, 1.54) is 0 Å². The molecule has 25 heavy (non-hydrogen) atoms. The van der Waals surface area contributed by atoms with Crippen LogP contribution in [0.25, 0.3) is 0 Å². The van der Waals surface area contributed by atoms with Crippen LogP contribution in [-0.4, -0.2) is 42.6 Å². The van der Waals surface area contributed by atoms with Crippen molar-refractivity contribution >= 4 is 35.3 Å². The number of rotatable bonds is 4. The maximum absolute atomic E-state index is 12.8. The summed E-state index contributed by atoms with van der Waals surface area (Å²) in [5.41, 5.74) is 5.98. The Labute approximate surface area is 155 Å². The van der Waals surface area contributed by atoms with E-state index in [0.717, 1.165) is 35.8 Å². The molecule has 0 saturated heterocycles. The van der Waals surface area contributed by atoms with E-state index in [2.05, 4.69) is 26.2 Å². The zero-order valence-electron chi connectivity index (χ0n) is 15.0. The van der Waals surface area contributed by atoms with Gasteiger partial charge in [0.25, 0.3) is 0 Å². The summed E-state index contributed by atoms with van der Waals surface area (Å²) in [6.07, 6.45) is 4.88. The van der Waals surface area contributed by atoms with E-state index in [1.54, 1.807) is 0 Å². The summed E-state index contributed by atoms with van der Waals surface area (Å²) < 4.78 is 1.15. The number of amides is 2. The summed E-state index contributed by atoms with van der Waals surface area (Å²) >= 11 is -1.71. The maximum atomic E-state index is 12.8. The summed E-state index contributed by atoms with van der Waals surface area (Å²) in [5.74, 6) is 1.19. The molecule has 4 saturated carbocycles. The van der Waals surface area contributed by atoms with Gasteiger partial charge >= 0.3 is 156 Å². The van der Waals surface area contributed by atoms with E-state index < -0.39 is 19.8 Å². The minimum absolute atomic E-state index is 0.0561. The number of pyridine rings is 1. The first-order valence-electron chi connectivity index (χ1n) is 9.46. The van der Waals surface area contributed by atoms with Gasteiger partial charge in [0.05, 0.1) is 0 Å². The van der Waals surface area contributed by atoms with Crippen molar-refractivity contribution in [2.75, 3.05) is 0 Å². The normalized spacial score (nSPS) is 35.8. The molecule has 2 atom stereocenters. The van der Waals surface area contributed by atoms with E-state index in [1.807, 2.05) is 12.1 Å². The van der Waals surface area contributed by atoms with Crippen molar-refractivity contribution in [1.82, 2.24) is 10.3 Å². The molecule has 4 bridgehead atoms. The molecule has 2 unspecified atom stereocenters. The minimum atomic E-state index is -1.71. The number of primary amides is 1. The molecule has 1 aromatic rings. The van der Waals surface area contributed by atoms with Crippen molar-refractivity contribution in [3.63, 3.8) is 0 Å². The van der Waals surface area contributed by atoms with E-state index in [0.29, 0.717) is 23.4 Å². The quantitative estimate of drug-likeness (QED) is 0.679. The Morgan fingerprint density at radius 3 is 2.48 bits per heavy atom. The zero-order chi connectivity index (χ0) is 17.8. The van der Waals surface area contributed by atoms with Gasteiger partial charge in [-0.3, -0.25) is 0 Å². The van der Waals surface area contributed by atoms with Crippen molar-refractivity contribution in [1.29, 1.82) is 0 Å². The molecule has 0 aromatic carbocycles. The summed E-state index contributed by atoms with van der Waals surface area (Å²) in [4.78, 5) is 34.0. The van der Waals surface area contributed by atoms with E-state index in [4.69, 9.17) is 5.73 Å². The SMILES string of the molecule is [CH3][SnH]([CH3])[c]1cccc(C(=O)NC2C3CC4CC2CC(C(N)=O)(C4)C3)n1. The standard InChI is InChI=1S/C17H20N3O2.2CH3.Sn.H/c18-16(22)17-7-10-5-11(8-17)14(12(6-10)9-17)20-15(21)13-3-1-2-4-19-13;;;;/h1-3,10-12,14H,5-9H2,(H2,18,22)(H,20,21);2*1H3;;. The molecule has 134 valence electrons. The van der Waals surface area contributed by atoms with Crippen LogP contribution in [0.15, 0.2) is 18.2 Å². The Bertz CT molecular complexity index is 704. The van der Waals surface area contributed by atoms with Crippen LogP contribution >= 0.6 is 0 Å². The second kappa shape index (κ2) is 6.25. The number of carbonyl (C=O) groups excluding carboxylic acids is 2. The van der Waals surface area contributed by atoms with Gasteiger partial charge in [0.1, 0.15) is 0 Å². The molecule has 2 amide bonds. The number of nitrogens with two attached hydrogens (primary N) is 1. The molecule has 0 aliphatic heterocycles. The number of carbonyl (C=O) groups is 2. The van der Waals surface area contributed by atoms with Crippen molar-refractivity contribution in [3.8, 4) is 0 Å². The average molecular weight is 448 g/mol. The number of aromatic nitrogens is 1. The number of hydrogen-bond donors (Lipinski definition) is 2. The van der Waals surface area contributed by atoms with Gasteiger partial charge in [0, 0.05) is 0 Å². The van der Waals surface area contributed by atoms with Crippen LogP contribution in [0.2, 0.25) is 9.88 Å². The second-order valence-electron chi connectivity index (χ2n) is 8.72. The van der Waals surface area contributed by atoms with E-state index in [-0.39, 0.29) is 23.3 Å². The van der Waals surface area contributed by atoms with Crippen LogP contribution < -0.4 is 14.8 Å². The first kappa shape index (κ1) is 17.3. The summed E-state index contributed by atoms with van der Waals surface area (Å²) in [6, 6.07) is 5.99. The third kappa shape index (κ3) is 2.98. The molecule has 1 aromatic heterocycles. The zero-order valence-corrected chi connectivity index (χ0v) is 18.3. The van der Waals surface area contributed by atoms with Crippen molar-refractivity contribution in [2.45, 2.75) is 48.0 Å². The Kier molecular flexibility index (Phi) is 4.33. The molecule has 4 aliphatic carbocycles. The van der Waals surface area contributed by atoms with Gasteiger partial charge in [-0.15, -0.1) is 0 Å². The van der Waals surface area contributed by atoms with Crippen molar-refractivity contribution in [3.05, 3.63) is 23.9 Å². The fourth-order valence-corrected chi connectivity index (χ4v) is 8.24.